The van der Waals surface area contributed by atoms with Crippen LogP contribution in [0.25, 0.3) is 0 Å². The molecular weight excluding hydrogens is 276 g/mol. The van der Waals surface area contributed by atoms with Gasteiger partial charge in [-0.15, -0.1) is 0 Å². The second kappa shape index (κ2) is 6.57. The first-order valence-electron chi connectivity index (χ1n) is 8.41. The first-order chi connectivity index (χ1) is 10.6. The van der Waals surface area contributed by atoms with Crippen LogP contribution in [0.2, 0.25) is 0 Å². The van der Waals surface area contributed by atoms with Gasteiger partial charge in [0, 0.05) is 25.2 Å². The van der Waals surface area contributed by atoms with Crippen molar-refractivity contribution in [3.8, 4) is 5.75 Å². The number of hydrogen-bond acceptors (Lipinski definition) is 4. The largest absolute Gasteiger partial charge is 0.496 e. The molecule has 2 heterocycles. The minimum absolute atomic E-state index is 0.249. The van der Waals surface area contributed by atoms with Gasteiger partial charge in [-0.25, -0.2) is 0 Å². The minimum Gasteiger partial charge on any atom is -0.496 e. The molecule has 0 saturated carbocycles. The summed E-state index contributed by atoms with van der Waals surface area (Å²) in [6.07, 6.45) is 3.36. The Morgan fingerprint density at radius 2 is 1.95 bits per heavy atom. The van der Waals surface area contributed by atoms with Gasteiger partial charge in [0.05, 0.1) is 18.8 Å². The van der Waals surface area contributed by atoms with Crippen LogP contribution < -0.4 is 4.74 Å². The molecule has 0 radical (unpaired) electrons. The van der Waals surface area contributed by atoms with Crippen molar-refractivity contribution in [2.24, 2.45) is 0 Å². The third-order valence-electron chi connectivity index (χ3n) is 5.25. The molecule has 122 valence electrons. The van der Waals surface area contributed by atoms with Crippen molar-refractivity contribution < 1.29 is 9.84 Å². The van der Waals surface area contributed by atoms with E-state index in [2.05, 4.69) is 21.9 Å². The molecule has 0 spiro atoms. The third-order valence-corrected chi connectivity index (χ3v) is 5.25. The van der Waals surface area contributed by atoms with E-state index in [1.165, 1.54) is 18.4 Å². The zero-order valence-corrected chi connectivity index (χ0v) is 13.8. The van der Waals surface area contributed by atoms with Crippen LogP contribution in [0.15, 0.2) is 24.3 Å². The van der Waals surface area contributed by atoms with Gasteiger partial charge in [-0.05, 0) is 45.3 Å². The topological polar surface area (TPSA) is 35.9 Å². The molecule has 0 bridgehead atoms. The minimum atomic E-state index is -0.568. The maximum Gasteiger partial charge on any atom is 0.123 e. The number of rotatable bonds is 4. The Hall–Kier alpha value is -1.10. The fourth-order valence-corrected chi connectivity index (χ4v) is 3.86. The van der Waals surface area contributed by atoms with Crippen molar-refractivity contribution >= 4 is 0 Å². The van der Waals surface area contributed by atoms with Crippen molar-refractivity contribution in [1.82, 2.24) is 9.80 Å². The van der Waals surface area contributed by atoms with E-state index in [0.717, 1.165) is 44.9 Å². The van der Waals surface area contributed by atoms with Gasteiger partial charge in [-0.3, -0.25) is 9.80 Å². The fourth-order valence-electron chi connectivity index (χ4n) is 3.86. The van der Waals surface area contributed by atoms with Gasteiger partial charge in [0.15, 0.2) is 0 Å². The maximum atomic E-state index is 10.8. The number of para-hydroxylation sites is 1. The average Bonchev–Trinajstić information content (AvgIpc) is 3.03. The normalized spacial score (nSPS) is 30.6. The van der Waals surface area contributed by atoms with Crippen LogP contribution in [-0.4, -0.2) is 59.8 Å². The van der Waals surface area contributed by atoms with Gasteiger partial charge in [-0.2, -0.15) is 0 Å². The Labute approximate surface area is 133 Å². The van der Waals surface area contributed by atoms with Gasteiger partial charge in [0.2, 0.25) is 0 Å². The molecule has 0 aromatic heterocycles. The standard InChI is InChI=1S/C18H28N2O2/c1-18(21)9-12-19(14-17(18)20-10-5-6-11-20)13-15-7-3-4-8-16(15)22-2/h3-4,7-8,17,21H,5-6,9-14H2,1-2H3. The lowest BCUT2D eigenvalue weighted by molar-refractivity contribution is -0.0776. The Kier molecular flexibility index (Phi) is 4.71. The quantitative estimate of drug-likeness (QED) is 0.924. The molecule has 4 heteroatoms. The highest BCUT2D eigenvalue weighted by atomic mass is 16.5. The molecule has 2 atom stereocenters. The molecule has 0 amide bonds. The van der Waals surface area contributed by atoms with Crippen LogP contribution >= 0.6 is 0 Å². The molecule has 2 unspecified atom stereocenters. The molecule has 1 aromatic rings. The van der Waals surface area contributed by atoms with Crippen LogP contribution in [0.4, 0.5) is 0 Å². The number of piperidine rings is 1. The van der Waals surface area contributed by atoms with E-state index in [0.29, 0.717) is 0 Å². The highest BCUT2D eigenvalue weighted by molar-refractivity contribution is 5.33. The number of likely N-dealkylation sites (tertiary alicyclic amines) is 2. The van der Waals surface area contributed by atoms with Crippen LogP contribution in [-0.2, 0) is 6.54 Å². The molecule has 2 fully saturated rings. The second-order valence-electron chi connectivity index (χ2n) is 6.91. The molecule has 3 rings (SSSR count). The van der Waals surface area contributed by atoms with Crippen molar-refractivity contribution in [2.45, 2.75) is 44.4 Å². The zero-order valence-electron chi connectivity index (χ0n) is 13.8. The number of nitrogens with zero attached hydrogens (tertiary/aromatic N) is 2. The van der Waals surface area contributed by atoms with E-state index < -0.39 is 5.60 Å². The number of benzene rings is 1. The predicted molar refractivity (Wildman–Crippen MR) is 88.1 cm³/mol. The van der Waals surface area contributed by atoms with Crippen LogP contribution in [0, 0.1) is 0 Å². The Morgan fingerprint density at radius 3 is 2.68 bits per heavy atom. The van der Waals surface area contributed by atoms with Gasteiger partial charge >= 0.3 is 0 Å². The van der Waals surface area contributed by atoms with Gasteiger partial charge in [0.25, 0.3) is 0 Å². The summed E-state index contributed by atoms with van der Waals surface area (Å²) in [6.45, 7) is 7.04. The number of aliphatic hydroxyl groups is 1. The summed E-state index contributed by atoms with van der Waals surface area (Å²) in [4.78, 5) is 4.94. The Balaban J connectivity index is 1.70. The molecule has 1 aromatic carbocycles. The predicted octanol–water partition coefficient (Wildman–Crippen LogP) is 2.12. The highest BCUT2D eigenvalue weighted by Gasteiger charge is 2.41. The average molecular weight is 304 g/mol. The Bertz CT molecular complexity index is 498. The van der Waals surface area contributed by atoms with Crippen molar-refractivity contribution in [3.63, 3.8) is 0 Å². The lowest BCUT2D eigenvalue weighted by Gasteiger charge is -2.46. The van der Waals surface area contributed by atoms with Crippen molar-refractivity contribution in [3.05, 3.63) is 29.8 Å². The third kappa shape index (κ3) is 3.29. The van der Waals surface area contributed by atoms with Crippen LogP contribution in [0.1, 0.15) is 31.7 Å². The molecule has 2 aliphatic rings. The first kappa shape index (κ1) is 15.8. The van der Waals surface area contributed by atoms with Gasteiger partial charge in [-0.1, -0.05) is 18.2 Å². The van der Waals surface area contributed by atoms with Crippen LogP contribution in [0.5, 0.6) is 5.75 Å². The molecule has 22 heavy (non-hydrogen) atoms. The molecular formula is C18H28N2O2. The summed E-state index contributed by atoms with van der Waals surface area (Å²) in [5.74, 6) is 0.956. The molecule has 1 N–H and O–H groups in total. The number of hydrogen-bond donors (Lipinski definition) is 1. The van der Waals surface area contributed by atoms with Crippen LogP contribution in [0.3, 0.4) is 0 Å². The van der Waals surface area contributed by atoms with E-state index in [1.54, 1.807) is 7.11 Å². The smallest absolute Gasteiger partial charge is 0.123 e. The summed E-state index contributed by atoms with van der Waals surface area (Å²) in [5, 5.41) is 10.8. The first-order valence-corrected chi connectivity index (χ1v) is 8.41. The molecule has 0 aliphatic carbocycles. The van der Waals surface area contributed by atoms with E-state index in [1.807, 2.05) is 19.1 Å². The summed E-state index contributed by atoms with van der Waals surface area (Å²) < 4.78 is 5.47. The highest BCUT2D eigenvalue weighted by Crippen LogP contribution is 2.30. The molecule has 2 aliphatic heterocycles. The van der Waals surface area contributed by atoms with Gasteiger partial charge in [0.1, 0.15) is 5.75 Å². The number of ether oxygens (including phenoxy) is 1. The molecule has 2 saturated heterocycles. The zero-order chi connectivity index (χ0) is 15.6. The summed E-state index contributed by atoms with van der Waals surface area (Å²) in [5.41, 5.74) is 0.661. The second-order valence-corrected chi connectivity index (χ2v) is 6.91. The monoisotopic (exact) mass is 304 g/mol. The molecule has 4 nitrogen and oxygen atoms in total. The Morgan fingerprint density at radius 1 is 1.23 bits per heavy atom. The fraction of sp³-hybridized carbons (Fsp3) is 0.667. The van der Waals surface area contributed by atoms with Gasteiger partial charge < -0.3 is 9.84 Å². The summed E-state index contributed by atoms with van der Waals surface area (Å²) in [7, 11) is 1.73. The van der Waals surface area contributed by atoms with Crippen molar-refractivity contribution in [1.29, 1.82) is 0 Å². The lowest BCUT2D eigenvalue weighted by Crippen LogP contribution is -2.60. The lowest BCUT2D eigenvalue weighted by atomic mass is 9.87. The summed E-state index contributed by atoms with van der Waals surface area (Å²) in [6, 6.07) is 8.48. The van der Waals surface area contributed by atoms with E-state index in [4.69, 9.17) is 4.74 Å². The van der Waals surface area contributed by atoms with E-state index in [9.17, 15) is 5.11 Å². The number of methoxy groups -OCH3 is 1. The van der Waals surface area contributed by atoms with E-state index in [-0.39, 0.29) is 6.04 Å². The van der Waals surface area contributed by atoms with E-state index >= 15 is 0 Å². The summed E-state index contributed by atoms with van der Waals surface area (Å²) >= 11 is 0. The maximum absolute atomic E-state index is 10.8. The van der Waals surface area contributed by atoms with Crippen molar-refractivity contribution in [2.75, 3.05) is 33.3 Å². The SMILES string of the molecule is COc1ccccc1CN1CCC(C)(O)C(N2CCCC2)C1.